The van der Waals surface area contributed by atoms with Crippen molar-refractivity contribution in [3.8, 4) is 0 Å². The fourth-order valence-electron chi connectivity index (χ4n) is 2.48. The number of carbonyl (C=O) groups is 1. The van der Waals surface area contributed by atoms with E-state index < -0.39 is 8.32 Å². The van der Waals surface area contributed by atoms with Gasteiger partial charge in [0.15, 0.2) is 8.32 Å². The molecule has 0 aromatic heterocycles. The number of nitrogens with zero attached hydrogens (tertiary/aromatic N) is 1. The number of hydrogen-bond donors (Lipinski definition) is 0. The molecule has 1 saturated heterocycles. The molecule has 0 saturated carbocycles. The van der Waals surface area contributed by atoms with E-state index >= 15 is 0 Å². The van der Waals surface area contributed by atoms with Crippen molar-refractivity contribution in [2.24, 2.45) is 5.92 Å². The van der Waals surface area contributed by atoms with Crippen molar-refractivity contribution in [2.75, 3.05) is 6.61 Å². The van der Waals surface area contributed by atoms with E-state index in [0.29, 0.717) is 13.2 Å². The third-order valence-corrected chi connectivity index (χ3v) is 9.80. The Labute approximate surface area is 135 Å². The van der Waals surface area contributed by atoms with E-state index in [0.717, 1.165) is 0 Å². The van der Waals surface area contributed by atoms with Crippen LogP contribution in [0, 0.1) is 5.92 Å². The summed E-state index contributed by atoms with van der Waals surface area (Å²) < 4.78 is 6.23. The Morgan fingerprint density at radius 2 is 1.77 bits per heavy atom. The Bertz CT molecular complexity index is 522. The molecular weight excluding hydrogens is 290 g/mol. The monoisotopic (exact) mass is 319 g/mol. The first-order chi connectivity index (χ1) is 10.1. The Morgan fingerprint density at radius 3 is 2.27 bits per heavy atom. The van der Waals surface area contributed by atoms with E-state index in [4.69, 9.17) is 4.43 Å². The highest BCUT2D eigenvalue weighted by Gasteiger charge is 2.46. The Kier molecular flexibility index (Phi) is 4.83. The summed E-state index contributed by atoms with van der Waals surface area (Å²) in [6.45, 7) is 14.6. The van der Waals surface area contributed by atoms with E-state index in [1.807, 2.05) is 23.1 Å². The van der Waals surface area contributed by atoms with E-state index in [1.54, 1.807) is 0 Å². The van der Waals surface area contributed by atoms with Gasteiger partial charge in [-0.15, -0.1) is 0 Å². The minimum atomic E-state index is -1.78. The smallest absolute Gasteiger partial charge is 0.230 e. The molecule has 1 fully saturated rings. The summed E-state index contributed by atoms with van der Waals surface area (Å²) in [6, 6.07) is 10.4. The zero-order valence-corrected chi connectivity index (χ0v) is 15.7. The molecule has 0 bridgehead atoms. The zero-order chi connectivity index (χ0) is 16.5. The van der Waals surface area contributed by atoms with Crippen LogP contribution in [0.4, 0.5) is 0 Å². The number of amides is 1. The lowest BCUT2D eigenvalue weighted by atomic mass is 9.89. The Balaban J connectivity index is 1.90. The molecular formula is C18H29NO2Si. The van der Waals surface area contributed by atoms with Crippen LogP contribution in [0.1, 0.15) is 33.3 Å². The van der Waals surface area contributed by atoms with Crippen molar-refractivity contribution in [3.63, 3.8) is 0 Å². The van der Waals surface area contributed by atoms with Gasteiger partial charge in [-0.25, -0.2) is 0 Å². The quantitative estimate of drug-likeness (QED) is 0.605. The fourth-order valence-corrected chi connectivity index (χ4v) is 3.51. The second-order valence-corrected chi connectivity index (χ2v) is 12.7. The van der Waals surface area contributed by atoms with Crippen LogP contribution in [0.25, 0.3) is 0 Å². The molecule has 1 amide bonds. The number of rotatable bonds is 5. The highest BCUT2D eigenvalue weighted by atomic mass is 28.4. The summed E-state index contributed by atoms with van der Waals surface area (Å²) in [4.78, 5) is 14.4. The highest BCUT2D eigenvalue weighted by molar-refractivity contribution is 6.74. The molecule has 1 aromatic rings. The number of carbonyl (C=O) groups excluding carboxylic acids is 1. The van der Waals surface area contributed by atoms with E-state index in [1.165, 1.54) is 5.56 Å². The summed E-state index contributed by atoms with van der Waals surface area (Å²) in [5.41, 5.74) is 1.19. The lowest BCUT2D eigenvalue weighted by Crippen LogP contribution is -2.61. The molecule has 1 aliphatic rings. The van der Waals surface area contributed by atoms with E-state index in [9.17, 15) is 4.79 Å². The first kappa shape index (κ1) is 17.2. The van der Waals surface area contributed by atoms with Crippen LogP contribution < -0.4 is 0 Å². The molecule has 0 unspecified atom stereocenters. The van der Waals surface area contributed by atoms with Crippen molar-refractivity contribution < 1.29 is 9.22 Å². The number of β-lactam (4-membered cyclic amide) rings is 1. The van der Waals surface area contributed by atoms with Crippen LogP contribution in [0.15, 0.2) is 30.3 Å². The van der Waals surface area contributed by atoms with Gasteiger partial charge >= 0.3 is 0 Å². The summed E-state index contributed by atoms with van der Waals surface area (Å²) in [6.07, 6.45) is 0. The molecule has 1 aliphatic heterocycles. The van der Waals surface area contributed by atoms with Crippen LogP contribution in [0.5, 0.6) is 0 Å². The van der Waals surface area contributed by atoms with Crippen LogP contribution in [-0.4, -0.2) is 31.8 Å². The highest BCUT2D eigenvalue weighted by Crippen LogP contribution is 2.38. The molecule has 4 heteroatoms. The van der Waals surface area contributed by atoms with Crippen molar-refractivity contribution in [2.45, 2.75) is 58.4 Å². The number of likely N-dealkylation sites (tertiary alicyclic amines) is 1. The van der Waals surface area contributed by atoms with Gasteiger partial charge in [0.25, 0.3) is 0 Å². The topological polar surface area (TPSA) is 29.5 Å². The Morgan fingerprint density at radius 1 is 1.18 bits per heavy atom. The van der Waals surface area contributed by atoms with Crippen molar-refractivity contribution in [1.29, 1.82) is 0 Å². The number of hydrogen-bond acceptors (Lipinski definition) is 2. The maximum atomic E-state index is 12.4. The molecule has 1 heterocycles. The van der Waals surface area contributed by atoms with Gasteiger partial charge in [0.2, 0.25) is 5.91 Å². The summed E-state index contributed by atoms with van der Waals surface area (Å²) >= 11 is 0. The molecule has 0 N–H and O–H groups in total. The van der Waals surface area contributed by atoms with E-state index in [-0.39, 0.29) is 22.9 Å². The van der Waals surface area contributed by atoms with Crippen LogP contribution >= 0.6 is 0 Å². The summed E-state index contributed by atoms with van der Waals surface area (Å²) in [5, 5.41) is 0.187. The van der Waals surface area contributed by atoms with Gasteiger partial charge in [-0.3, -0.25) is 4.79 Å². The maximum absolute atomic E-state index is 12.4. The third-order valence-electron chi connectivity index (χ3n) is 5.30. The molecule has 0 radical (unpaired) electrons. The lowest BCUT2D eigenvalue weighted by molar-refractivity contribution is -0.158. The largest absolute Gasteiger partial charge is 0.416 e. The van der Waals surface area contributed by atoms with Crippen LogP contribution in [0.2, 0.25) is 18.1 Å². The molecule has 3 nitrogen and oxygen atoms in total. The predicted molar refractivity (Wildman–Crippen MR) is 93.1 cm³/mol. The molecule has 22 heavy (non-hydrogen) atoms. The van der Waals surface area contributed by atoms with Crippen LogP contribution in [-0.2, 0) is 15.8 Å². The van der Waals surface area contributed by atoms with E-state index in [2.05, 4.69) is 52.9 Å². The van der Waals surface area contributed by atoms with Crippen molar-refractivity contribution in [3.05, 3.63) is 35.9 Å². The summed E-state index contributed by atoms with van der Waals surface area (Å²) in [7, 11) is -1.78. The minimum absolute atomic E-state index is 0.0258. The van der Waals surface area contributed by atoms with Gasteiger partial charge in [-0.1, -0.05) is 51.1 Å². The normalized spacial score (nSPS) is 22.6. The van der Waals surface area contributed by atoms with Gasteiger partial charge in [0, 0.05) is 19.2 Å². The average molecular weight is 320 g/mol. The van der Waals surface area contributed by atoms with Gasteiger partial charge in [0.05, 0.1) is 5.92 Å². The van der Waals surface area contributed by atoms with Gasteiger partial charge in [-0.2, -0.15) is 0 Å². The first-order valence-corrected chi connectivity index (χ1v) is 11.0. The lowest BCUT2D eigenvalue weighted by Gasteiger charge is -2.47. The van der Waals surface area contributed by atoms with Crippen molar-refractivity contribution in [1.82, 2.24) is 4.90 Å². The molecule has 122 valence electrons. The molecule has 2 atom stereocenters. The third kappa shape index (κ3) is 3.44. The van der Waals surface area contributed by atoms with Gasteiger partial charge < -0.3 is 9.33 Å². The molecule has 2 rings (SSSR count). The van der Waals surface area contributed by atoms with Crippen molar-refractivity contribution >= 4 is 14.2 Å². The standard InChI is InChI=1S/C18H29NO2Si/c1-14-16(13-21-22(5,6)18(2,3)4)17(20)19(14)12-15-10-8-7-9-11-15/h7-11,14,16H,12-13H2,1-6H3/t14-,16+/m0/s1. The maximum Gasteiger partial charge on any atom is 0.230 e. The molecule has 0 aliphatic carbocycles. The second kappa shape index (κ2) is 6.17. The zero-order valence-electron chi connectivity index (χ0n) is 14.7. The Hall–Kier alpha value is -1.13. The second-order valence-electron chi connectivity index (χ2n) is 7.87. The fraction of sp³-hybridized carbons (Fsp3) is 0.611. The van der Waals surface area contributed by atoms with Gasteiger partial charge in [0.1, 0.15) is 0 Å². The van der Waals surface area contributed by atoms with Crippen LogP contribution in [0.3, 0.4) is 0 Å². The van der Waals surface area contributed by atoms with Gasteiger partial charge in [-0.05, 0) is 30.6 Å². The SMILES string of the molecule is C[C@H]1[C@@H](CO[Si](C)(C)C(C)(C)C)C(=O)N1Cc1ccccc1. The first-order valence-electron chi connectivity index (χ1n) is 8.12. The predicted octanol–water partition coefficient (Wildman–Crippen LogP) is 4.06. The molecule has 0 spiro atoms. The average Bonchev–Trinajstić information content (AvgIpc) is 2.44. The molecule has 1 aromatic carbocycles. The summed E-state index contributed by atoms with van der Waals surface area (Å²) in [5.74, 6) is 0.257. The number of benzene rings is 1. The minimum Gasteiger partial charge on any atom is -0.416 e.